The fraction of sp³-hybridized carbons (Fsp3) is 0.333. The van der Waals surface area contributed by atoms with Gasteiger partial charge in [-0.3, -0.25) is 0 Å². The van der Waals surface area contributed by atoms with Crippen LogP contribution < -0.4 is 10.6 Å². The highest BCUT2D eigenvalue weighted by atomic mass is 15.1. The highest BCUT2D eigenvalue weighted by Gasteiger charge is 1.87. The number of allylic oxidation sites excluding steroid dienone is 1. The molecule has 0 saturated carbocycles. The van der Waals surface area contributed by atoms with Crippen LogP contribution in [0.25, 0.3) is 0 Å². The van der Waals surface area contributed by atoms with E-state index in [1.54, 1.807) is 0 Å². The summed E-state index contributed by atoms with van der Waals surface area (Å²) in [5, 5.41) is 6.28. The molecule has 0 bridgehead atoms. The molecule has 2 nitrogen and oxygen atoms in total. The molecule has 0 rings (SSSR count). The molecule has 2 heteroatoms. The van der Waals surface area contributed by atoms with E-state index >= 15 is 0 Å². The fourth-order valence-electron chi connectivity index (χ4n) is 0.631. The lowest BCUT2D eigenvalue weighted by atomic mass is 10.5. The zero-order valence-electron chi connectivity index (χ0n) is 7.06. The maximum Gasteiger partial charge on any atom is 0.0947 e. The standard InChI is InChI=1S/C9H16N2/c1-4-7-10-9(6-3)11-8-5-2/h4-6,10-11H,1-2,7-8H2,3H3. The van der Waals surface area contributed by atoms with Crippen LogP contribution in [0.1, 0.15) is 6.92 Å². The molecule has 0 unspecified atom stereocenters. The van der Waals surface area contributed by atoms with Crippen molar-refractivity contribution in [1.82, 2.24) is 10.6 Å². The van der Waals surface area contributed by atoms with Crippen LogP contribution in [0.15, 0.2) is 37.2 Å². The Labute approximate surface area is 68.7 Å². The number of rotatable bonds is 6. The molecule has 0 aliphatic rings. The Morgan fingerprint density at radius 1 is 1.18 bits per heavy atom. The van der Waals surface area contributed by atoms with E-state index in [1.807, 2.05) is 25.2 Å². The van der Waals surface area contributed by atoms with Crippen molar-refractivity contribution in [2.75, 3.05) is 13.1 Å². The maximum atomic E-state index is 3.61. The molecule has 0 spiro atoms. The van der Waals surface area contributed by atoms with E-state index < -0.39 is 0 Å². The van der Waals surface area contributed by atoms with Crippen molar-refractivity contribution >= 4 is 0 Å². The molecule has 0 aromatic heterocycles. The molecule has 0 heterocycles. The third-order valence-corrected chi connectivity index (χ3v) is 1.16. The van der Waals surface area contributed by atoms with Gasteiger partial charge >= 0.3 is 0 Å². The third-order valence-electron chi connectivity index (χ3n) is 1.16. The smallest absolute Gasteiger partial charge is 0.0947 e. The summed E-state index contributed by atoms with van der Waals surface area (Å²) >= 11 is 0. The van der Waals surface area contributed by atoms with Gasteiger partial charge in [-0.05, 0) is 13.0 Å². The molecule has 62 valence electrons. The molecular formula is C9H16N2. The monoisotopic (exact) mass is 152 g/mol. The van der Waals surface area contributed by atoms with Crippen LogP contribution in [-0.2, 0) is 0 Å². The Balaban J connectivity index is 3.58. The van der Waals surface area contributed by atoms with Gasteiger partial charge < -0.3 is 10.6 Å². The molecule has 0 radical (unpaired) electrons. The predicted octanol–water partition coefficient (Wildman–Crippen LogP) is 1.40. The van der Waals surface area contributed by atoms with E-state index in [4.69, 9.17) is 0 Å². The second kappa shape index (κ2) is 6.93. The van der Waals surface area contributed by atoms with Crippen molar-refractivity contribution in [3.05, 3.63) is 37.2 Å². The molecule has 0 fully saturated rings. The minimum Gasteiger partial charge on any atom is -0.369 e. The second-order valence-corrected chi connectivity index (χ2v) is 2.04. The van der Waals surface area contributed by atoms with E-state index in [0.717, 1.165) is 18.9 Å². The first kappa shape index (κ1) is 9.82. The van der Waals surface area contributed by atoms with Gasteiger partial charge in [-0.2, -0.15) is 0 Å². The van der Waals surface area contributed by atoms with E-state index in [1.165, 1.54) is 0 Å². The minimum absolute atomic E-state index is 0.782. The highest BCUT2D eigenvalue weighted by Crippen LogP contribution is 1.81. The number of hydrogen-bond donors (Lipinski definition) is 2. The summed E-state index contributed by atoms with van der Waals surface area (Å²) in [6, 6.07) is 0. The van der Waals surface area contributed by atoms with Gasteiger partial charge in [0.25, 0.3) is 0 Å². The van der Waals surface area contributed by atoms with Gasteiger partial charge in [0.05, 0.1) is 5.82 Å². The Kier molecular flexibility index (Phi) is 6.19. The lowest BCUT2D eigenvalue weighted by molar-refractivity contribution is 0.759. The van der Waals surface area contributed by atoms with E-state index in [2.05, 4.69) is 23.8 Å². The molecule has 11 heavy (non-hydrogen) atoms. The highest BCUT2D eigenvalue weighted by molar-refractivity contribution is 4.98. The van der Waals surface area contributed by atoms with Gasteiger partial charge in [0.1, 0.15) is 0 Å². The van der Waals surface area contributed by atoms with Crippen LogP contribution in [-0.4, -0.2) is 13.1 Å². The molecule has 0 aromatic rings. The number of hydrogen-bond acceptors (Lipinski definition) is 2. The summed E-state index contributed by atoms with van der Waals surface area (Å²) in [4.78, 5) is 0. The van der Waals surface area contributed by atoms with Gasteiger partial charge in [-0.15, -0.1) is 13.2 Å². The zero-order chi connectivity index (χ0) is 8.53. The molecule has 0 amide bonds. The summed E-state index contributed by atoms with van der Waals surface area (Å²) < 4.78 is 0. The summed E-state index contributed by atoms with van der Waals surface area (Å²) in [5.74, 6) is 1.02. The van der Waals surface area contributed by atoms with Crippen molar-refractivity contribution in [1.29, 1.82) is 0 Å². The van der Waals surface area contributed by atoms with Crippen LogP contribution in [0.5, 0.6) is 0 Å². The molecule has 2 N–H and O–H groups in total. The lowest BCUT2D eigenvalue weighted by Gasteiger charge is -2.09. The Bertz CT molecular complexity index is 134. The average molecular weight is 152 g/mol. The van der Waals surface area contributed by atoms with Crippen LogP contribution in [0.3, 0.4) is 0 Å². The average Bonchev–Trinajstić information content (AvgIpc) is 2.05. The second-order valence-electron chi connectivity index (χ2n) is 2.04. The summed E-state index contributed by atoms with van der Waals surface area (Å²) in [6.45, 7) is 10.8. The minimum atomic E-state index is 0.782. The van der Waals surface area contributed by atoms with Crippen LogP contribution in [0.4, 0.5) is 0 Å². The summed E-state index contributed by atoms with van der Waals surface area (Å²) in [6.07, 6.45) is 5.62. The van der Waals surface area contributed by atoms with Crippen molar-refractivity contribution in [2.24, 2.45) is 0 Å². The zero-order valence-corrected chi connectivity index (χ0v) is 7.06. The van der Waals surface area contributed by atoms with Crippen molar-refractivity contribution < 1.29 is 0 Å². The normalized spacial score (nSPS) is 8.09. The SMILES string of the molecule is C=CCNC(=CC)NCC=C. The van der Waals surface area contributed by atoms with Crippen LogP contribution in [0, 0.1) is 0 Å². The fourth-order valence-corrected chi connectivity index (χ4v) is 0.631. The van der Waals surface area contributed by atoms with Gasteiger partial charge in [-0.25, -0.2) is 0 Å². The summed E-state index contributed by atoms with van der Waals surface area (Å²) in [5.41, 5.74) is 0. The Morgan fingerprint density at radius 3 is 1.91 bits per heavy atom. The molecule has 0 aromatic carbocycles. The third kappa shape index (κ3) is 5.27. The van der Waals surface area contributed by atoms with Gasteiger partial charge in [0, 0.05) is 13.1 Å². The van der Waals surface area contributed by atoms with E-state index in [9.17, 15) is 0 Å². The predicted molar refractivity (Wildman–Crippen MR) is 50.2 cm³/mol. The van der Waals surface area contributed by atoms with Crippen molar-refractivity contribution in [3.63, 3.8) is 0 Å². The van der Waals surface area contributed by atoms with E-state index in [-0.39, 0.29) is 0 Å². The maximum absolute atomic E-state index is 3.61. The molecule has 0 aliphatic carbocycles. The van der Waals surface area contributed by atoms with Crippen LogP contribution >= 0.6 is 0 Å². The van der Waals surface area contributed by atoms with Crippen LogP contribution in [0.2, 0.25) is 0 Å². The first-order valence-electron chi connectivity index (χ1n) is 3.71. The lowest BCUT2D eigenvalue weighted by Crippen LogP contribution is -2.26. The molecule has 0 saturated heterocycles. The first-order chi connectivity index (χ1) is 5.35. The van der Waals surface area contributed by atoms with Gasteiger partial charge in [0.15, 0.2) is 0 Å². The quantitative estimate of drug-likeness (QED) is 0.562. The molecular weight excluding hydrogens is 136 g/mol. The summed E-state index contributed by atoms with van der Waals surface area (Å²) in [7, 11) is 0. The number of nitrogens with one attached hydrogen (secondary N) is 2. The van der Waals surface area contributed by atoms with Gasteiger partial charge in [0.2, 0.25) is 0 Å². The Morgan fingerprint density at radius 2 is 1.64 bits per heavy atom. The topological polar surface area (TPSA) is 24.1 Å². The first-order valence-corrected chi connectivity index (χ1v) is 3.71. The van der Waals surface area contributed by atoms with Crippen molar-refractivity contribution in [2.45, 2.75) is 6.92 Å². The molecule has 0 atom stereocenters. The molecule has 0 aliphatic heterocycles. The Hall–Kier alpha value is -1.18. The van der Waals surface area contributed by atoms with E-state index in [0.29, 0.717) is 0 Å². The van der Waals surface area contributed by atoms with Gasteiger partial charge in [-0.1, -0.05) is 12.2 Å². The largest absolute Gasteiger partial charge is 0.369 e. The van der Waals surface area contributed by atoms with Crippen molar-refractivity contribution in [3.8, 4) is 0 Å².